The van der Waals surface area contributed by atoms with Gasteiger partial charge in [-0.25, -0.2) is 4.98 Å². The van der Waals surface area contributed by atoms with Gasteiger partial charge in [-0.3, -0.25) is 0 Å². The van der Waals surface area contributed by atoms with Crippen LogP contribution in [-0.4, -0.2) is 18.1 Å². The zero-order chi connectivity index (χ0) is 11.4. The minimum absolute atomic E-state index is 1.12. The molecule has 0 N–H and O–H groups in total. The maximum absolute atomic E-state index is 4.55. The van der Waals surface area contributed by atoms with Crippen molar-refractivity contribution < 1.29 is 0 Å². The first kappa shape index (κ1) is 11.9. The van der Waals surface area contributed by atoms with Crippen LogP contribution in [0.3, 0.4) is 0 Å². The van der Waals surface area contributed by atoms with Gasteiger partial charge < -0.3 is 4.90 Å². The van der Waals surface area contributed by atoms with Crippen molar-refractivity contribution >= 4 is 21.7 Å². The number of anilines is 1. The third kappa shape index (κ3) is 2.97. The van der Waals surface area contributed by atoms with E-state index in [1.165, 1.54) is 37.7 Å². The number of nitrogens with zero attached hydrogens (tertiary/aromatic N) is 2. The first-order chi connectivity index (χ1) is 7.77. The first-order valence-corrected chi connectivity index (χ1v) is 6.94. The van der Waals surface area contributed by atoms with Crippen molar-refractivity contribution in [2.45, 2.75) is 39.0 Å². The molecule has 0 unspecified atom stereocenters. The van der Waals surface area contributed by atoms with Gasteiger partial charge in [0, 0.05) is 19.3 Å². The molecule has 0 aliphatic carbocycles. The number of hydrogen-bond acceptors (Lipinski definition) is 2. The molecule has 1 saturated heterocycles. The predicted molar refractivity (Wildman–Crippen MR) is 72.0 cm³/mol. The molecule has 2 nitrogen and oxygen atoms in total. The maximum atomic E-state index is 4.55. The second-order valence-corrected chi connectivity index (χ2v) is 5.43. The Kier molecular flexibility index (Phi) is 4.22. The van der Waals surface area contributed by atoms with Crippen LogP contribution in [0, 0.1) is 6.92 Å². The van der Waals surface area contributed by atoms with Crippen LogP contribution in [0.25, 0.3) is 0 Å². The maximum Gasteiger partial charge on any atom is 0.142 e. The molecular weight excluding hydrogens is 264 g/mol. The highest BCUT2D eigenvalue weighted by Crippen LogP contribution is 2.26. The first-order valence-electron chi connectivity index (χ1n) is 6.14. The number of halogens is 1. The van der Waals surface area contributed by atoms with Crippen molar-refractivity contribution in [3.8, 4) is 0 Å². The molecule has 16 heavy (non-hydrogen) atoms. The van der Waals surface area contributed by atoms with Crippen molar-refractivity contribution in [1.29, 1.82) is 0 Å². The molecule has 1 fully saturated rings. The molecule has 1 aromatic rings. The van der Waals surface area contributed by atoms with E-state index in [9.17, 15) is 0 Å². The van der Waals surface area contributed by atoms with Crippen LogP contribution in [0.4, 0.5) is 5.82 Å². The fourth-order valence-electron chi connectivity index (χ4n) is 2.22. The van der Waals surface area contributed by atoms with E-state index in [0.717, 1.165) is 23.4 Å². The molecule has 2 rings (SSSR count). The highest BCUT2D eigenvalue weighted by Gasteiger charge is 2.12. The second kappa shape index (κ2) is 5.67. The van der Waals surface area contributed by atoms with Gasteiger partial charge in [0.05, 0.1) is 4.47 Å². The number of aryl methyl sites for hydroxylation is 1. The summed E-state index contributed by atoms with van der Waals surface area (Å²) in [6, 6.07) is 2.15. The van der Waals surface area contributed by atoms with Crippen molar-refractivity contribution in [3.63, 3.8) is 0 Å². The smallest absolute Gasteiger partial charge is 0.142 e. The van der Waals surface area contributed by atoms with E-state index < -0.39 is 0 Å². The standard InChI is InChI=1S/C13H19BrN2/c1-11-9-12(14)13(15-10-11)16-7-5-3-2-4-6-8-16/h9-10H,2-8H2,1H3. The van der Waals surface area contributed by atoms with Crippen molar-refractivity contribution in [1.82, 2.24) is 4.98 Å². The van der Waals surface area contributed by atoms with Gasteiger partial charge in [0.25, 0.3) is 0 Å². The molecule has 0 spiro atoms. The average molecular weight is 283 g/mol. The number of aromatic nitrogens is 1. The third-order valence-corrected chi connectivity index (χ3v) is 3.70. The Morgan fingerprint density at radius 1 is 1.12 bits per heavy atom. The molecule has 0 aromatic carbocycles. The van der Waals surface area contributed by atoms with E-state index in [-0.39, 0.29) is 0 Å². The molecule has 88 valence electrons. The third-order valence-electron chi connectivity index (χ3n) is 3.11. The lowest BCUT2D eigenvalue weighted by Crippen LogP contribution is -2.28. The molecular formula is C13H19BrN2. The van der Waals surface area contributed by atoms with Crippen LogP contribution in [0.2, 0.25) is 0 Å². The van der Waals surface area contributed by atoms with Gasteiger partial charge in [-0.1, -0.05) is 19.3 Å². The summed E-state index contributed by atoms with van der Waals surface area (Å²) in [4.78, 5) is 6.97. The quantitative estimate of drug-likeness (QED) is 0.776. The predicted octanol–water partition coefficient (Wildman–Crippen LogP) is 3.92. The highest BCUT2D eigenvalue weighted by atomic mass is 79.9. The fourth-order valence-corrected chi connectivity index (χ4v) is 2.93. The van der Waals surface area contributed by atoms with Crippen molar-refractivity contribution in [2.75, 3.05) is 18.0 Å². The summed E-state index contributed by atoms with van der Waals surface area (Å²) in [5.74, 6) is 1.12. The van der Waals surface area contributed by atoms with Gasteiger partial charge in [0.15, 0.2) is 0 Å². The fraction of sp³-hybridized carbons (Fsp3) is 0.615. The van der Waals surface area contributed by atoms with Crippen LogP contribution in [0.15, 0.2) is 16.7 Å². The lowest BCUT2D eigenvalue weighted by atomic mass is 10.1. The van der Waals surface area contributed by atoms with Gasteiger partial charge in [-0.15, -0.1) is 0 Å². The van der Waals surface area contributed by atoms with Gasteiger partial charge in [-0.2, -0.15) is 0 Å². The summed E-state index contributed by atoms with van der Waals surface area (Å²) in [7, 11) is 0. The van der Waals surface area contributed by atoms with Crippen molar-refractivity contribution in [3.05, 3.63) is 22.3 Å². The summed E-state index contributed by atoms with van der Waals surface area (Å²) in [6.07, 6.45) is 8.67. The molecule has 0 bridgehead atoms. The van der Waals surface area contributed by atoms with Gasteiger partial charge >= 0.3 is 0 Å². The normalized spacial score (nSPS) is 18.0. The lowest BCUT2D eigenvalue weighted by molar-refractivity contribution is 0.553. The van der Waals surface area contributed by atoms with Gasteiger partial charge in [0.2, 0.25) is 0 Å². The summed E-state index contributed by atoms with van der Waals surface area (Å²) in [6.45, 7) is 4.37. The lowest BCUT2D eigenvalue weighted by Gasteiger charge is -2.26. The Morgan fingerprint density at radius 2 is 1.75 bits per heavy atom. The van der Waals surface area contributed by atoms with E-state index in [2.05, 4.69) is 38.8 Å². The minimum Gasteiger partial charge on any atom is -0.356 e. The molecule has 1 aliphatic rings. The van der Waals surface area contributed by atoms with Crippen LogP contribution in [0.1, 0.15) is 37.7 Å². The number of rotatable bonds is 1. The molecule has 0 radical (unpaired) electrons. The summed E-state index contributed by atoms with van der Waals surface area (Å²) in [5.41, 5.74) is 1.21. The molecule has 1 aliphatic heterocycles. The monoisotopic (exact) mass is 282 g/mol. The molecule has 0 atom stereocenters. The highest BCUT2D eigenvalue weighted by molar-refractivity contribution is 9.10. The SMILES string of the molecule is Cc1cnc(N2CCCCCCC2)c(Br)c1. The Balaban J connectivity index is 2.14. The zero-order valence-corrected chi connectivity index (χ0v) is 11.5. The Bertz CT molecular complexity index is 344. The van der Waals surface area contributed by atoms with Crippen LogP contribution in [0.5, 0.6) is 0 Å². The van der Waals surface area contributed by atoms with E-state index in [1.807, 2.05) is 6.20 Å². The molecule has 1 aromatic heterocycles. The van der Waals surface area contributed by atoms with Crippen LogP contribution in [-0.2, 0) is 0 Å². The van der Waals surface area contributed by atoms with Crippen molar-refractivity contribution in [2.24, 2.45) is 0 Å². The Labute approximate surface area is 106 Å². The number of hydrogen-bond donors (Lipinski definition) is 0. The summed E-state index contributed by atoms with van der Waals surface area (Å²) in [5, 5.41) is 0. The number of pyridine rings is 1. The average Bonchev–Trinajstić information content (AvgIpc) is 2.19. The van der Waals surface area contributed by atoms with Crippen LogP contribution >= 0.6 is 15.9 Å². The minimum atomic E-state index is 1.12. The Hall–Kier alpha value is -0.570. The van der Waals surface area contributed by atoms with Gasteiger partial charge in [-0.05, 0) is 47.3 Å². The Morgan fingerprint density at radius 3 is 2.38 bits per heavy atom. The molecule has 0 saturated carbocycles. The summed E-state index contributed by atoms with van der Waals surface area (Å²) >= 11 is 3.62. The topological polar surface area (TPSA) is 16.1 Å². The zero-order valence-electron chi connectivity index (χ0n) is 9.88. The molecule has 0 amide bonds. The van der Waals surface area contributed by atoms with Gasteiger partial charge in [0.1, 0.15) is 5.82 Å². The molecule has 2 heterocycles. The largest absolute Gasteiger partial charge is 0.356 e. The second-order valence-electron chi connectivity index (χ2n) is 4.57. The van der Waals surface area contributed by atoms with E-state index >= 15 is 0 Å². The van der Waals surface area contributed by atoms with E-state index in [4.69, 9.17) is 0 Å². The van der Waals surface area contributed by atoms with E-state index in [1.54, 1.807) is 0 Å². The van der Waals surface area contributed by atoms with Crippen LogP contribution < -0.4 is 4.90 Å². The summed E-state index contributed by atoms with van der Waals surface area (Å²) < 4.78 is 1.13. The molecule has 3 heteroatoms. The van der Waals surface area contributed by atoms with E-state index in [0.29, 0.717) is 0 Å².